The lowest BCUT2D eigenvalue weighted by Crippen LogP contribution is -2.27. The van der Waals surface area contributed by atoms with E-state index in [1.54, 1.807) is 0 Å². The number of benzene rings is 1. The highest BCUT2D eigenvalue weighted by Gasteiger charge is 2.19. The summed E-state index contributed by atoms with van der Waals surface area (Å²) in [6.07, 6.45) is 1.27. The molecule has 0 aliphatic rings. The Morgan fingerprint density at radius 1 is 1.32 bits per heavy atom. The first-order chi connectivity index (χ1) is 8.78. The maximum atomic E-state index is 13.4. The van der Waals surface area contributed by atoms with E-state index in [0.717, 1.165) is 6.07 Å². The summed E-state index contributed by atoms with van der Waals surface area (Å²) in [7, 11) is -3.80. The summed E-state index contributed by atoms with van der Waals surface area (Å²) in [4.78, 5) is -0.337. The predicted octanol–water partition coefficient (Wildman–Crippen LogP) is 1.90. The molecule has 0 bridgehead atoms. The molecule has 0 atom stereocenters. The van der Waals surface area contributed by atoms with Crippen molar-refractivity contribution >= 4 is 10.0 Å². The van der Waals surface area contributed by atoms with Crippen molar-refractivity contribution in [3.63, 3.8) is 0 Å². The summed E-state index contributed by atoms with van der Waals surface area (Å²) in [6.45, 7) is 4.07. The van der Waals surface area contributed by atoms with Crippen LogP contribution < -0.4 is 4.72 Å². The van der Waals surface area contributed by atoms with Crippen LogP contribution in [0.2, 0.25) is 0 Å². The number of halogens is 1. The molecule has 19 heavy (non-hydrogen) atoms. The third kappa shape index (κ3) is 4.89. The predicted molar refractivity (Wildman–Crippen MR) is 71.7 cm³/mol. The molecule has 0 saturated heterocycles. The fourth-order valence-electron chi connectivity index (χ4n) is 1.59. The van der Waals surface area contributed by atoms with E-state index < -0.39 is 15.8 Å². The monoisotopic (exact) mass is 289 g/mol. The smallest absolute Gasteiger partial charge is 0.243 e. The molecule has 0 radical (unpaired) electrons. The zero-order valence-corrected chi connectivity index (χ0v) is 12.0. The zero-order valence-electron chi connectivity index (χ0n) is 11.2. The number of sulfonamides is 1. The topological polar surface area (TPSA) is 66.4 Å². The Bertz CT molecular complexity index is 514. The zero-order chi connectivity index (χ0) is 14.5. The van der Waals surface area contributed by atoms with Gasteiger partial charge in [-0.2, -0.15) is 0 Å². The van der Waals surface area contributed by atoms with E-state index >= 15 is 0 Å². The van der Waals surface area contributed by atoms with Gasteiger partial charge in [0.05, 0.1) is 0 Å². The van der Waals surface area contributed by atoms with Crippen LogP contribution in [0.3, 0.4) is 0 Å². The van der Waals surface area contributed by atoms with Crippen LogP contribution in [0.5, 0.6) is 0 Å². The molecule has 0 aliphatic carbocycles. The third-order valence-electron chi connectivity index (χ3n) is 2.88. The highest BCUT2D eigenvalue weighted by atomic mass is 32.2. The molecule has 2 N–H and O–H groups in total. The maximum Gasteiger partial charge on any atom is 0.243 e. The lowest BCUT2D eigenvalue weighted by Gasteiger charge is -2.21. The van der Waals surface area contributed by atoms with E-state index in [2.05, 4.69) is 4.72 Å². The number of nitrogens with one attached hydrogen (secondary N) is 1. The second-order valence-corrected chi connectivity index (χ2v) is 6.99. The first-order valence-corrected chi connectivity index (χ1v) is 7.62. The quantitative estimate of drug-likeness (QED) is 0.753. The summed E-state index contributed by atoms with van der Waals surface area (Å²) in [5.74, 6) is -0.759. The Labute approximate surface area is 113 Å². The number of aliphatic hydroxyl groups is 1. The van der Waals surface area contributed by atoms with Crippen molar-refractivity contribution in [3.05, 3.63) is 30.1 Å². The number of rotatable bonds is 7. The van der Waals surface area contributed by atoms with Crippen molar-refractivity contribution in [2.45, 2.75) is 31.6 Å². The van der Waals surface area contributed by atoms with Crippen molar-refractivity contribution < 1.29 is 17.9 Å². The van der Waals surface area contributed by atoms with Crippen LogP contribution in [-0.4, -0.2) is 26.7 Å². The van der Waals surface area contributed by atoms with E-state index in [9.17, 15) is 12.8 Å². The molecular weight excluding hydrogens is 269 g/mol. The molecule has 6 heteroatoms. The Morgan fingerprint density at radius 3 is 2.53 bits per heavy atom. The lowest BCUT2D eigenvalue weighted by molar-refractivity contribution is 0.148. The largest absolute Gasteiger partial charge is 0.396 e. The molecule has 0 fully saturated rings. The van der Waals surface area contributed by atoms with Gasteiger partial charge < -0.3 is 5.11 Å². The summed E-state index contributed by atoms with van der Waals surface area (Å²) in [5.41, 5.74) is -0.233. The average molecular weight is 289 g/mol. The molecule has 0 aromatic heterocycles. The lowest BCUT2D eigenvalue weighted by atomic mass is 9.89. The van der Waals surface area contributed by atoms with Crippen molar-refractivity contribution in [1.29, 1.82) is 0 Å². The highest BCUT2D eigenvalue weighted by molar-refractivity contribution is 7.89. The van der Waals surface area contributed by atoms with Gasteiger partial charge in [-0.3, -0.25) is 0 Å². The van der Waals surface area contributed by atoms with Gasteiger partial charge in [0.1, 0.15) is 10.7 Å². The van der Waals surface area contributed by atoms with Crippen LogP contribution in [0.1, 0.15) is 26.7 Å². The molecule has 0 unspecified atom stereocenters. The molecule has 4 nitrogen and oxygen atoms in total. The molecule has 108 valence electrons. The normalized spacial score (nSPS) is 12.6. The van der Waals surface area contributed by atoms with E-state index in [1.807, 2.05) is 13.8 Å². The Balaban J connectivity index is 2.56. The standard InChI is InChI=1S/C13H20FNO3S/c1-13(2,10-16)8-5-9-15-19(17,18)12-7-4-3-6-11(12)14/h3-4,6-7,15-16H,5,8-10H2,1-2H3. The molecule has 0 spiro atoms. The van der Waals surface area contributed by atoms with Crippen LogP contribution in [0.4, 0.5) is 4.39 Å². The molecule has 1 rings (SSSR count). The van der Waals surface area contributed by atoms with Crippen LogP contribution in [0.15, 0.2) is 29.2 Å². The maximum absolute atomic E-state index is 13.4. The van der Waals surface area contributed by atoms with Crippen LogP contribution in [-0.2, 0) is 10.0 Å². The van der Waals surface area contributed by atoms with E-state index in [0.29, 0.717) is 12.8 Å². The minimum Gasteiger partial charge on any atom is -0.396 e. The molecule has 0 aliphatic heterocycles. The van der Waals surface area contributed by atoms with Gasteiger partial charge >= 0.3 is 0 Å². The summed E-state index contributed by atoms with van der Waals surface area (Å²) < 4.78 is 39.4. The van der Waals surface area contributed by atoms with E-state index in [1.165, 1.54) is 18.2 Å². The minimum absolute atomic E-state index is 0.0487. The number of aliphatic hydroxyl groups excluding tert-OH is 1. The minimum atomic E-state index is -3.80. The molecule has 1 aromatic carbocycles. The van der Waals surface area contributed by atoms with Crippen LogP contribution in [0.25, 0.3) is 0 Å². The van der Waals surface area contributed by atoms with Gasteiger partial charge in [-0.1, -0.05) is 26.0 Å². The Morgan fingerprint density at radius 2 is 1.95 bits per heavy atom. The summed E-state index contributed by atoms with van der Waals surface area (Å²) in [6, 6.07) is 5.27. The van der Waals surface area contributed by atoms with Crippen molar-refractivity contribution in [3.8, 4) is 0 Å². The van der Waals surface area contributed by atoms with Crippen LogP contribution >= 0.6 is 0 Å². The number of hydrogen-bond acceptors (Lipinski definition) is 3. The Kier molecular flexibility index (Phi) is 5.46. The summed E-state index contributed by atoms with van der Waals surface area (Å²) >= 11 is 0. The SMILES string of the molecule is CC(C)(CO)CCCNS(=O)(=O)c1ccccc1F. The van der Waals surface area contributed by atoms with Crippen molar-refractivity contribution in [1.82, 2.24) is 4.72 Å². The molecule has 0 saturated carbocycles. The molecule has 1 aromatic rings. The van der Waals surface area contributed by atoms with Gasteiger partial charge in [-0.25, -0.2) is 17.5 Å². The second kappa shape index (κ2) is 6.45. The molecule has 0 amide bonds. The first kappa shape index (κ1) is 16.1. The van der Waals surface area contributed by atoms with Crippen LogP contribution in [0, 0.1) is 11.2 Å². The van der Waals surface area contributed by atoms with Gasteiger partial charge in [0, 0.05) is 13.2 Å². The van der Waals surface area contributed by atoms with Gasteiger partial charge in [-0.15, -0.1) is 0 Å². The van der Waals surface area contributed by atoms with Crippen molar-refractivity contribution in [2.75, 3.05) is 13.2 Å². The summed E-state index contributed by atoms with van der Waals surface area (Å²) in [5, 5.41) is 9.08. The third-order valence-corrected chi connectivity index (χ3v) is 4.37. The molecule has 0 heterocycles. The Hall–Kier alpha value is -0.980. The number of hydrogen-bond donors (Lipinski definition) is 2. The van der Waals surface area contributed by atoms with Gasteiger partial charge in [0.15, 0.2) is 0 Å². The average Bonchev–Trinajstić information content (AvgIpc) is 2.35. The molecular formula is C13H20FNO3S. The first-order valence-electron chi connectivity index (χ1n) is 6.13. The van der Waals surface area contributed by atoms with Crippen molar-refractivity contribution in [2.24, 2.45) is 5.41 Å². The van der Waals surface area contributed by atoms with Gasteiger partial charge in [0.2, 0.25) is 10.0 Å². The highest BCUT2D eigenvalue weighted by Crippen LogP contribution is 2.20. The second-order valence-electron chi connectivity index (χ2n) is 5.25. The fraction of sp³-hybridized carbons (Fsp3) is 0.538. The van der Waals surface area contributed by atoms with E-state index in [-0.39, 0.29) is 23.5 Å². The fourth-order valence-corrected chi connectivity index (χ4v) is 2.74. The van der Waals surface area contributed by atoms with Gasteiger partial charge in [-0.05, 0) is 30.4 Å². The van der Waals surface area contributed by atoms with E-state index in [4.69, 9.17) is 5.11 Å². The van der Waals surface area contributed by atoms with Gasteiger partial charge in [0.25, 0.3) is 0 Å².